The predicted octanol–water partition coefficient (Wildman–Crippen LogP) is 2.95. The van der Waals surface area contributed by atoms with Gasteiger partial charge in [-0.1, -0.05) is 23.4 Å². The Morgan fingerprint density at radius 3 is 2.85 bits per heavy atom. The highest BCUT2D eigenvalue weighted by Gasteiger charge is 2.33. The second-order valence-corrected chi connectivity index (χ2v) is 6.13. The Hall–Kier alpha value is -3.74. The highest BCUT2D eigenvalue weighted by Crippen LogP contribution is 2.37. The van der Waals surface area contributed by atoms with Crippen LogP contribution in [-0.2, 0) is 16.1 Å². The van der Waals surface area contributed by atoms with Gasteiger partial charge in [0.05, 0.1) is 35.4 Å². The van der Waals surface area contributed by atoms with E-state index in [-0.39, 0.29) is 12.5 Å². The molecule has 1 N–H and O–H groups in total. The molecule has 1 aliphatic rings. The second-order valence-electron chi connectivity index (χ2n) is 6.13. The molecule has 134 valence electrons. The normalized spacial score (nSPS) is 14.5. The van der Waals surface area contributed by atoms with Gasteiger partial charge in [0, 0.05) is 23.9 Å². The van der Waals surface area contributed by atoms with Crippen LogP contribution in [0.15, 0.2) is 65.5 Å². The summed E-state index contributed by atoms with van der Waals surface area (Å²) >= 11 is 0. The van der Waals surface area contributed by atoms with E-state index in [1.807, 2.05) is 31.2 Å². The quantitative estimate of drug-likeness (QED) is 0.723. The van der Waals surface area contributed by atoms with E-state index in [1.165, 1.54) is 6.08 Å². The maximum atomic E-state index is 13.0. The number of hydrogen-bond donors (Lipinski definition) is 1. The smallest absolute Gasteiger partial charge is 0.259 e. The monoisotopic (exact) mass is 360 g/mol. The molecule has 4 rings (SSSR count). The average Bonchev–Trinajstić information content (AvgIpc) is 3.19. The van der Waals surface area contributed by atoms with Crippen LogP contribution in [0.4, 0.5) is 11.4 Å². The summed E-state index contributed by atoms with van der Waals surface area (Å²) in [5.74, 6) is -0.0678. The van der Waals surface area contributed by atoms with Gasteiger partial charge >= 0.3 is 0 Å². The molecule has 7 heteroatoms. The molecule has 0 radical (unpaired) electrons. The molecule has 3 heterocycles. The molecule has 3 aromatic rings. The summed E-state index contributed by atoms with van der Waals surface area (Å²) in [5, 5.41) is 6.57. The lowest BCUT2D eigenvalue weighted by atomic mass is 10.1. The van der Waals surface area contributed by atoms with Crippen molar-refractivity contribution in [2.24, 2.45) is 0 Å². The number of aromatic nitrogens is 2. The molecule has 0 atom stereocenters. The lowest BCUT2D eigenvalue weighted by Gasteiger charge is -2.14. The van der Waals surface area contributed by atoms with Gasteiger partial charge < -0.3 is 14.7 Å². The van der Waals surface area contributed by atoms with E-state index in [0.717, 1.165) is 11.4 Å². The number of benzene rings is 1. The van der Waals surface area contributed by atoms with Gasteiger partial charge in [-0.05, 0) is 25.1 Å². The van der Waals surface area contributed by atoms with Gasteiger partial charge in [-0.3, -0.25) is 14.6 Å². The third-order valence-electron chi connectivity index (χ3n) is 4.16. The first-order valence-electron chi connectivity index (χ1n) is 8.38. The van der Waals surface area contributed by atoms with Crippen molar-refractivity contribution in [3.8, 4) is 0 Å². The maximum absolute atomic E-state index is 13.0. The number of fused-ring (bicyclic) bond motifs is 1. The van der Waals surface area contributed by atoms with Crippen molar-refractivity contribution in [2.75, 3.05) is 10.2 Å². The van der Waals surface area contributed by atoms with Crippen LogP contribution in [0.1, 0.15) is 17.0 Å². The number of pyridine rings is 1. The Labute approximate surface area is 155 Å². The lowest BCUT2D eigenvalue weighted by molar-refractivity contribution is -0.114. The van der Waals surface area contributed by atoms with Crippen molar-refractivity contribution < 1.29 is 14.1 Å². The van der Waals surface area contributed by atoms with Crippen LogP contribution in [0.25, 0.3) is 5.57 Å². The minimum atomic E-state index is -0.390. The van der Waals surface area contributed by atoms with E-state index >= 15 is 0 Å². The van der Waals surface area contributed by atoms with Gasteiger partial charge in [-0.25, -0.2) is 0 Å². The number of amides is 2. The Bertz CT molecular complexity index is 1040. The predicted molar refractivity (Wildman–Crippen MR) is 99.7 cm³/mol. The molecule has 0 saturated heterocycles. The fourth-order valence-electron chi connectivity index (χ4n) is 3.00. The zero-order chi connectivity index (χ0) is 18.8. The lowest BCUT2D eigenvalue weighted by Crippen LogP contribution is -2.25. The first kappa shape index (κ1) is 16.7. The third-order valence-corrected chi connectivity index (χ3v) is 4.16. The van der Waals surface area contributed by atoms with Crippen LogP contribution in [0, 0.1) is 6.92 Å². The van der Waals surface area contributed by atoms with E-state index < -0.39 is 5.91 Å². The minimum Gasteiger partial charge on any atom is -0.359 e. The van der Waals surface area contributed by atoms with E-state index in [9.17, 15) is 9.59 Å². The van der Waals surface area contributed by atoms with Crippen molar-refractivity contribution in [3.05, 3.63) is 78.0 Å². The van der Waals surface area contributed by atoms with Gasteiger partial charge in [0.25, 0.3) is 5.91 Å². The average molecular weight is 360 g/mol. The van der Waals surface area contributed by atoms with E-state index in [2.05, 4.69) is 15.5 Å². The largest absolute Gasteiger partial charge is 0.359 e. The SMILES string of the molecule is Cc1cc(CN2C(=O)/C(=C/C(=O)Nc3cccnc3)c3ccccc32)on1. The number of carbonyl (C=O) groups is 2. The Balaban J connectivity index is 1.63. The van der Waals surface area contributed by atoms with E-state index in [1.54, 1.807) is 35.5 Å². The number of anilines is 2. The topological polar surface area (TPSA) is 88.3 Å². The van der Waals surface area contributed by atoms with Gasteiger partial charge in [-0.15, -0.1) is 0 Å². The molecule has 7 nitrogen and oxygen atoms in total. The van der Waals surface area contributed by atoms with Gasteiger partial charge in [-0.2, -0.15) is 0 Å². The highest BCUT2D eigenvalue weighted by atomic mass is 16.5. The van der Waals surface area contributed by atoms with Crippen molar-refractivity contribution in [1.82, 2.24) is 10.1 Å². The number of nitrogens with one attached hydrogen (secondary N) is 1. The summed E-state index contributed by atoms with van der Waals surface area (Å²) in [6.45, 7) is 2.07. The maximum Gasteiger partial charge on any atom is 0.259 e. The van der Waals surface area contributed by atoms with Crippen molar-refractivity contribution in [1.29, 1.82) is 0 Å². The third kappa shape index (κ3) is 3.35. The van der Waals surface area contributed by atoms with Crippen LogP contribution in [0.5, 0.6) is 0 Å². The van der Waals surface area contributed by atoms with Crippen LogP contribution >= 0.6 is 0 Å². The Morgan fingerprint density at radius 2 is 2.11 bits per heavy atom. The summed E-state index contributed by atoms with van der Waals surface area (Å²) in [5.41, 5.74) is 3.09. The molecule has 2 amide bonds. The molecule has 0 fully saturated rings. The Kier molecular flexibility index (Phi) is 4.25. The molecule has 27 heavy (non-hydrogen) atoms. The van der Waals surface area contributed by atoms with Crippen LogP contribution in [-0.4, -0.2) is 22.0 Å². The van der Waals surface area contributed by atoms with Crippen LogP contribution < -0.4 is 10.2 Å². The zero-order valence-corrected chi connectivity index (χ0v) is 14.5. The van der Waals surface area contributed by atoms with E-state index in [4.69, 9.17) is 4.52 Å². The number of aryl methyl sites for hydroxylation is 1. The first-order valence-corrected chi connectivity index (χ1v) is 8.38. The second kappa shape index (κ2) is 6.87. The summed E-state index contributed by atoms with van der Waals surface area (Å²) < 4.78 is 5.24. The molecule has 1 aromatic carbocycles. The van der Waals surface area contributed by atoms with Crippen LogP contribution in [0.2, 0.25) is 0 Å². The van der Waals surface area contributed by atoms with Crippen molar-refractivity contribution in [3.63, 3.8) is 0 Å². The number of rotatable bonds is 4. The molecule has 2 aromatic heterocycles. The molecule has 0 unspecified atom stereocenters. The van der Waals surface area contributed by atoms with E-state index in [0.29, 0.717) is 22.6 Å². The first-order chi connectivity index (χ1) is 13.1. The van der Waals surface area contributed by atoms with Gasteiger partial charge in [0.1, 0.15) is 0 Å². The molecule has 0 bridgehead atoms. The summed E-state index contributed by atoms with van der Waals surface area (Å²) in [6.07, 6.45) is 4.48. The summed E-state index contributed by atoms with van der Waals surface area (Å²) in [7, 11) is 0. The zero-order valence-electron chi connectivity index (χ0n) is 14.5. The highest BCUT2D eigenvalue weighted by molar-refractivity contribution is 6.35. The fourth-order valence-corrected chi connectivity index (χ4v) is 3.00. The number of nitrogens with zero attached hydrogens (tertiary/aromatic N) is 3. The standard InChI is InChI=1S/C20H16N4O3/c1-13-9-15(27-23-13)12-24-18-7-3-2-6-16(18)17(20(24)26)10-19(25)22-14-5-4-8-21-11-14/h2-11H,12H2,1H3,(H,22,25)/b17-10+. The van der Waals surface area contributed by atoms with Crippen molar-refractivity contribution >= 4 is 28.8 Å². The van der Waals surface area contributed by atoms with Crippen LogP contribution in [0.3, 0.4) is 0 Å². The molecular formula is C20H16N4O3. The number of carbonyl (C=O) groups excluding carboxylic acids is 2. The van der Waals surface area contributed by atoms with Crippen molar-refractivity contribution in [2.45, 2.75) is 13.5 Å². The molecule has 0 saturated carbocycles. The minimum absolute atomic E-state index is 0.248. The number of hydrogen-bond acceptors (Lipinski definition) is 5. The summed E-state index contributed by atoms with van der Waals surface area (Å²) in [4.78, 5) is 30.9. The molecule has 0 aliphatic carbocycles. The summed E-state index contributed by atoms with van der Waals surface area (Å²) in [6, 6.07) is 12.6. The fraction of sp³-hybridized carbons (Fsp3) is 0.100. The van der Waals surface area contributed by atoms with Gasteiger partial charge in [0.15, 0.2) is 5.76 Å². The number of para-hydroxylation sites is 1. The van der Waals surface area contributed by atoms with Gasteiger partial charge in [0.2, 0.25) is 5.91 Å². The molecule has 1 aliphatic heterocycles. The Morgan fingerprint density at radius 1 is 1.26 bits per heavy atom. The molecule has 0 spiro atoms. The molecular weight excluding hydrogens is 344 g/mol.